The maximum Gasteiger partial charge on any atom is 0.269 e. The topological polar surface area (TPSA) is 98.8 Å². The molecule has 1 N–H and O–H groups in total. The summed E-state index contributed by atoms with van der Waals surface area (Å²) in [5, 5.41) is 26.2. The van der Waals surface area contributed by atoms with E-state index in [9.17, 15) is 10.1 Å². The molecule has 2 atom stereocenters. The Kier molecular flexibility index (Phi) is 3.92. The number of hydrogen-bond donors (Lipinski definition) is 1. The molecule has 4 rings (SSSR count). The van der Waals surface area contributed by atoms with Crippen LogP contribution in [0.2, 0.25) is 0 Å². The Labute approximate surface area is 151 Å². The zero-order valence-corrected chi connectivity index (χ0v) is 14.5. The van der Waals surface area contributed by atoms with Crippen molar-refractivity contribution in [2.75, 3.05) is 5.32 Å². The van der Waals surface area contributed by atoms with E-state index < -0.39 is 4.92 Å². The summed E-state index contributed by atoms with van der Waals surface area (Å²) in [6.45, 7) is 0. The number of benzene rings is 2. The molecule has 3 aromatic rings. The van der Waals surface area contributed by atoms with Crippen LogP contribution in [-0.2, 0) is 0 Å². The van der Waals surface area contributed by atoms with Crippen LogP contribution in [0.5, 0.6) is 0 Å². The fourth-order valence-corrected chi connectivity index (χ4v) is 3.34. The van der Waals surface area contributed by atoms with E-state index in [2.05, 4.69) is 36.8 Å². The van der Waals surface area contributed by atoms with E-state index in [0.29, 0.717) is 12.4 Å². The number of nitro benzene ring substituents is 1. The smallest absolute Gasteiger partial charge is 0.269 e. The highest BCUT2D eigenvalue weighted by Crippen LogP contribution is 2.37. The van der Waals surface area contributed by atoms with Crippen molar-refractivity contribution in [3.63, 3.8) is 0 Å². The quantitative estimate of drug-likeness (QED) is 0.533. The van der Waals surface area contributed by atoms with Crippen molar-refractivity contribution in [3.05, 3.63) is 74.2 Å². The van der Waals surface area contributed by atoms with E-state index in [1.807, 2.05) is 30.3 Å². The fourth-order valence-electron chi connectivity index (χ4n) is 3.07. The molecule has 2 unspecified atom stereocenters. The zero-order chi connectivity index (χ0) is 17.4. The van der Waals surface area contributed by atoms with Crippen molar-refractivity contribution in [1.82, 2.24) is 20.2 Å². The van der Waals surface area contributed by atoms with Crippen molar-refractivity contribution in [2.24, 2.45) is 0 Å². The molecule has 0 fully saturated rings. The zero-order valence-electron chi connectivity index (χ0n) is 12.9. The number of nitro groups is 1. The van der Waals surface area contributed by atoms with E-state index in [-0.39, 0.29) is 17.8 Å². The summed E-state index contributed by atoms with van der Waals surface area (Å²) in [6.07, 6.45) is 0.681. The highest BCUT2D eigenvalue weighted by Gasteiger charge is 2.31. The van der Waals surface area contributed by atoms with Crippen molar-refractivity contribution in [2.45, 2.75) is 18.5 Å². The Bertz CT molecular complexity index is 926. The van der Waals surface area contributed by atoms with Crippen LogP contribution >= 0.6 is 15.9 Å². The van der Waals surface area contributed by atoms with E-state index >= 15 is 0 Å². The second kappa shape index (κ2) is 6.25. The lowest BCUT2D eigenvalue weighted by atomic mass is 9.93. The number of rotatable bonds is 3. The number of fused-ring (bicyclic) bond motifs is 1. The number of hydrogen-bond acceptors (Lipinski definition) is 6. The molecule has 1 aliphatic heterocycles. The van der Waals surface area contributed by atoms with Crippen LogP contribution in [0.1, 0.15) is 29.6 Å². The highest BCUT2D eigenvalue weighted by atomic mass is 79.9. The van der Waals surface area contributed by atoms with Gasteiger partial charge in [-0.05, 0) is 40.1 Å². The monoisotopic (exact) mass is 400 g/mol. The summed E-state index contributed by atoms with van der Waals surface area (Å²) in [6, 6.07) is 14.5. The Balaban J connectivity index is 1.73. The lowest BCUT2D eigenvalue weighted by Gasteiger charge is -2.31. The lowest BCUT2D eigenvalue weighted by molar-refractivity contribution is -0.384. The lowest BCUT2D eigenvalue weighted by Crippen LogP contribution is -2.28. The van der Waals surface area contributed by atoms with Crippen molar-refractivity contribution in [1.29, 1.82) is 0 Å². The van der Waals surface area contributed by atoms with Gasteiger partial charge in [-0.15, -0.1) is 0 Å². The molecule has 126 valence electrons. The molecule has 9 heteroatoms. The Morgan fingerprint density at radius 1 is 1.20 bits per heavy atom. The van der Waals surface area contributed by atoms with E-state index in [1.165, 1.54) is 6.07 Å². The minimum atomic E-state index is -0.392. The predicted octanol–water partition coefficient (Wildman–Crippen LogP) is 3.49. The van der Waals surface area contributed by atoms with Gasteiger partial charge in [0.05, 0.1) is 17.0 Å². The van der Waals surface area contributed by atoms with Gasteiger partial charge in [-0.1, -0.05) is 45.3 Å². The Hall–Kier alpha value is -2.81. The average Bonchev–Trinajstić information content (AvgIpc) is 3.10. The normalized spacial score (nSPS) is 19.1. The first-order valence-corrected chi connectivity index (χ1v) is 8.45. The summed E-state index contributed by atoms with van der Waals surface area (Å²) >= 11 is 3.44. The number of halogens is 1. The molecule has 2 aromatic carbocycles. The van der Waals surface area contributed by atoms with Gasteiger partial charge >= 0.3 is 0 Å². The van der Waals surface area contributed by atoms with Crippen LogP contribution in [0.3, 0.4) is 0 Å². The standard InChI is InChI=1S/C16H13BrN6O2/c17-12-6-4-10(5-7-12)14-9-15(22-16(18-14)19-20-21-22)11-2-1-3-13(8-11)23(24)25/h1-8,14-15H,9H2,(H,18,19,21). The SMILES string of the molecule is O=[N+]([O-])c1cccc(C2CC(c3ccc(Br)cc3)Nc3nnnn32)c1. The van der Waals surface area contributed by atoms with Gasteiger partial charge < -0.3 is 5.32 Å². The number of aromatic nitrogens is 4. The second-order valence-electron chi connectivity index (χ2n) is 5.80. The molecular weight excluding hydrogens is 388 g/mol. The van der Waals surface area contributed by atoms with Gasteiger partial charge in [0.25, 0.3) is 5.69 Å². The minimum absolute atomic E-state index is 0.0101. The molecule has 0 spiro atoms. The number of anilines is 1. The van der Waals surface area contributed by atoms with Crippen LogP contribution in [0, 0.1) is 10.1 Å². The second-order valence-corrected chi connectivity index (χ2v) is 6.71. The molecule has 25 heavy (non-hydrogen) atoms. The molecule has 0 bridgehead atoms. The van der Waals surface area contributed by atoms with Crippen LogP contribution in [-0.4, -0.2) is 25.1 Å². The fraction of sp³-hybridized carbons (Fsp3) is 0.188. The Morgan fingerprint density at radius 2 is 2.00 bits per heavy atom. The van der Waals surface area contributed by atoms with E-state index in [0.717, 1.165) is 15.6 Å². The van der Waals surface area contributed by atoms with E-state index in [4.69, 9.17) is 0 Å². The molecule has 0 saturated heterocycles. The van der Waals surface area contributed by atoms with Crippen molar-refractivity contribution >= 4 is 27.6 Å². The molecule has 0 aliphatic carbocycles. The molecule has 1 aliphatic rings. The van der Waals surface area contributed by atoms with Gasteiger partial charge in [-0.25, -0.2) is 4.68 Å². The van der Waals surface area contributed by atoms with E-state index in [1.54, 1.807) is 16.8 Å². The molecule has 1 aromatic heterocycles. The largest absolute Gasteiger partial charge is 0.346 e. The molecule has 0 amide bonds. The number of nitrogens with zero attached hydrogens (tertiary/aromatic N) is 5. The predicted molar refractivity (Wildman–Crippen MR) is 94.2 cm³/mol. The summed E-state index contributed by atoms with van der Waals surface area (Å²) in [5.41, 5.74) is 1.98. The minimum Gasteiger partial charge on any atom is -0.346 e. The summed E-state index contributed by atoms with van der Waals surface area (Å²) < 4.78 is 2.68. The van der Waals surface area contributed by atoms with Gasteiger partial charge in [-0.3, -0.25) is 10.1 Å². The van der Waals surface area contributed by atoms with Crippen LogP contribution < -0.4 is 5.32 Å². The van der Waals surface area contributed by atoms with Gasteiger partial charge in [-0.2, -0.15) is 0 Å². The molecule has 0 saturated carbocycles. The summed E-state index contributed by atoms with van der Waals surface area (Å²) in [4.78, 5) is 10.7. The first-order chi connectivity index (χ1) is 12.1. The highest BCUT2D eigenvalue weighted by molar-refractivity contribution is 9.10. The van der Waals surface area contributed by atoms with Crippen LogP contribution in [0.15, 0.2) is 53.0 Å². The average molecular weight is 401 g/mol. The number of tetrazole rings is 1. The summed E-state index contributed by atoms with van der Waals surface area (Å²) in [7, 11) is 0. The third kappa shape index (κ3) is 2.98. The number of nitrogens with one attached hydrogen (secondary N) is 1. The van der Waals surface area contributed by atoms with Gasteiger partial charge in [0.1, 0.15) is 0 Å². The van der Waals surface area contributed by atoms with Crippen molar-refractivity contribution < 1.29 is 4.92 Å². The van der Waals surface area contributed by atoms with Crippen molar-refractivity contribution in [3.8, 4) is 0 Å². The number of non-ortho nitro benzene ring substituents is 1. The molecule has 8 nitrogen and oxygen atoms in total. The molecule has 2 heterocycles. The molecule has 0 radical (unpaired) electrons. The Morgan fingerprint density at radius 3 is 2.76 bits per heavy atom. The van der Waals surface area contributed by atoms with Gasteiger partial charge in [0, 0.05) is 16.6 Å². The maximum absolute atomic E-state index is 11.1. The third-order valence-corrected chi connectivity index (χ3v) is 4.82. The van der Waals surface area contributed by atoms with Crippen LogP contribution in [0.4, 0.5) is 11.6 Å². The maximum atomic E-state index is 11.1. The van der Waals surface area contributed by atoms with Gasteiger partial charge in [0.15, 0.2) is 0 Å². The first-order valence-electron chi connectivity index (χ1n) is 7.66. The first kappa shape index (κ1) is 15.7. The van der Waals surface area contributed by atoms with Gasteiger partial charge in [0.2, 0.25) is 5.95 Å². The summed E-state index contributed by atoms with van der Waals surface area (Å²) in [5.74, 6) is 0.552. The molecular formula is C16H13BrN6O2. The van der Waals surface area contributed by atoms with Crippen LogP contribution in [0.25, 0.3) is 0 Å². The third-order valence-electron chi connectivity index (χ3n) is 4.29.